The quantitative estimate of drug-likeness (QED) is 0.464. The average molecular weight is 395 g/mol. The molecule has 1 aliphatic heterocycles. The molecule has 154 valence electrons. The Kier molecular flexibility index (Phi) is 5.74. The number of esters is 2. The molecular formula is C19H25NO8. The van der Waals surface area contributed by atoms with E-state index >= 15 is 0 Å². The van der Waals surface area contributed by atoms with Gasteiger partial charge >= 0.3 is 11.9 Å². The number of methoxy groups -OCH3 is 2. The third-order valence-corrected chi connectivity index (χ3v) is 5.81. The lowest BCUT2D eigenvalue weighted by Crippen LogP contribution is -2.64. The van der Waals surface area contributed by atoms with Crippen LogP contribution in [-0.4, -0.2) is 87.5 Å². The zero-order valence-electron chi connectivity index (χ0n) is 15.7. The van der Waals surface area contributed by atoms with Gasteiger partial charge in [-0.1, -0.05) is 12.1 Å². The van der Waals surface area contributed by atoms with Gasteiger partial charge in [-0.15, -0.1) is 0 Å². The van der Waals surface area contributed by atoms with Crippen LogP contribution in [0.2, 0.25) is 0 Å². The third kappa shape index (κ3) is 3.40. The van der Waals surface area contributed by atoms with Gasteiger partial charge in [-0.3, -0.25) is 9.69 Å². The van der Waals surface area contributed by atoms with E-state index in [9.17, 15) is 30.0 Å². The minimum absolute atomic E-state index is 0.0114. The van der Waals surface area contributed by atoms with Crippen LogP contribution < -0.4 is 0 Å². The normalized spacial score (nSPS) is 35.3. The van der Waals surface area contributed by atoms with E-state index in [1.807, 2.05) is 0 Å². The summed E-state index contributed by atoms with van der Waals surface area (Å²) in [5.41, 5.74) is -0.634. The van der Waals surface area contributed by atoms with E-state index in [1.54, 1.807) is 29.2 Å². The third-order valence-electron chi connectivity index (χ3n) is 5.81. The first-order valence-electron chi connectivity index (χ1n) is 9.00. The van der Waals surface area contributed by atoms with E-state index in [2.05, 4.69) is 4.74 Å². The van der Waals surface area contributed by atoms with Gasteiger partial charge in [-0.2, -0.15) is 0 Å². The van der Waals surface area contributed by atoms with Crippen LogP contribution in [-0.2, 0) is 20.8 Å². The zero-order valence-corrected chi connectivity index (χ0v) is 15.7. The molecule has 0 spiro atoms. The fourth-order valence-electron chi connectivity index (χ4n) is 4.25. The highest BCUT2D eigenvalue weighted by Crippen LogP contribution is 2.44. The highest BCUT2D eigenvalue weighted by Gasteiger charge is 2.62. The summed E-state index contributed by atoms with van der Waals surface area (Å²) < 4.78 is 9.52. The predicted octanol–water partition coefficient (Wildman–Crippen LogP) is -1.19. The molecule has 0 unspecified atom stereocenters. The van der Waals surface area contributed by atoms with E-state index in [1.165, 1.54) is 14.2 Å². The van der Waals surface area contributed by atoms with E-state index in [4.69, 9.17) is 4.74 Å². The monoisotopic (exact) mass is 395 g/mol. The summed E-state index contributed by atoms with van der Waals surface area (Å²) in [5.74, 6) is -1.05. The fourth-order valence-corrected chi connectivity index (χ4v) is 4.25. The number of likely N-dealkylation sites (tertiary alicyclic amines) is 1. The second-order valence-electron chi connectivity index (χ2n) is 7.35. The summed E-state index contributed by atoms with van der Waals surface area (Å²) >= 11 is 0. The van der Waals surface area contributed by atoms with Gasteiger partial charge in [0, 0.05) is 19.0 Å². The fraction of sp³-hybridized carbons (Fsp3) is 0.579. The number of aliphatic hydroxyl groups is 4. The maximum absolute atomic E-state index is 12.3. The first kappa shape index (κ1) is 20.7. The Morgan fingerprint density at radius 2 is 1.79 bits per heavy atom. The molecule has 4 N–H and O–H groups in total. The van der Waals surface area contributed by atoms with E-state index in [0.29, 0.717) is 5.56 Å². The van der Waals surface area contributed by atoms with Crippen LogP contribution in [0.5, 0.6) is 0 Å². The van der Waals surface area contributed by atoms with Crippen molar-refractivity contribution in [2.75, 3.05) is 14.2 Å². The van der Waals surface area contributed by atoms with Gasteiger partial charge in [0.25, 0.3) is 0 Å². The Morgan fingerprint density at radius 3 is 2.36 bits per heavy atom. The molecule has 9 heteroatoms. The Labute approximate surface area is 162 Å². The molecule has 3 rings (SSSR count). The van der Waals surface area contributed by atoms with Crippen molar-refractivity contribution in [1.82, 2.24) is 4.90 Å². The van der Waals surface area contributed by atoms with Gasteiger partial charge in [-0.25, -0.2) is 4.79 Å². The summed E-state index contributed by atoms with van der Waals surface area (Å²) in [6.07, 6.45) is -4.47. The van der Waals surface area contributed by atoms with E-state index < -0.39 is 47.9 Å². The number of carbonyl (C=O) groups excluding carboxylic acids is 2. The molecule has 6 atom stereocenters. The van der Waals surface area contributed by atoms with Gasteiger partial charge in [0.05, 0.1) is 25.9 Å². The van der Waals surface area contributed by atoms with Gasteiger partial charge < -0.3 is 29.9 Å². The van der Waals surface area contributed by atoms with Crippen LogP contribution in [0.3, 0.4) is 0 Å². The van der Waals surface area contributed by atoms with Crippen LogP contribution in [0.4, 0.5) is 0 Å². The molecule has 1 aromatic rings. The molecule has 9 nitrogen and oxygen atoms in total. The summed E-state index contributed by atoms with van der Waals surface area (Å²) in [4.78, 5) is 25.5. The lowest BCUT2D eigenvalue weighted by atomic mass is 9.75. The molecule has 1 heterocycles. The lowest BCUT2D eigenvalue weighted by Gasteiger charge is -2.45. The van der Waals surface area contributed by atoms with Crippen LogP contribution in [0, 0.1) is 0 Å². The van der Waals surface area contributed by atoms with E-state index in [0.717, 1.165) is 5.56 Å². The van der Waals surface area contributed by atoms with Crippen molar-refractivity contribution in [3.8, 4) is 0 Å². The number of benzene rings is 1. The van der Waals surface area contributed by atoms with Crippen LogP contribution in [0.15, 0.2) is 24.3 Å². The molecule has 2 aliphatic rings. The molecule has 1 saturated heterocycles. The number of rotatable bonds is 4. The summed E-state index contributed by atoms with van der Waals surface area (Å²) in [7, 11) is 2.52. The van der Waals surface area contributed by atoms with Crippen molar-refractivity contribution in [2.45, 2.75) is 55.4 Å². The first-order valence-corrected chi connectivity index (χ1v) is 9.00. The number of hydrogen-bond donors (Lipinski definition) is 4. The van der Waals surface area contributed by atoms with Crippen molar-refractivity contribution in [2.24, 2.45) is 0 Å². The zero-order chi connectivity index (χ0) is 20.6. The molecule has 2 fully saturated rings. The molecule has 0 radical (unpaired) electrons. The van der Waals surface area contributed by atoms with Gasteiger partial charge in [-0.05, 0) is 24.1 Å². The van der Waals surface area contributed by atoms with Gasteiger partial charge in [0.2, 0.25) is 0 Å². The molecule has 1 aromatic carbocycles. The highest BCUT2D eigenvalue weighted by atomic mass is 16.5. The minimum Gasteiger partial charge on any atom is -0.468 e. The Balaban J connectivity index is 1.90. The SMILES string of the molecule is COC(=O)c1ccc(CN2[C@H](C(=O)OC)C[C@@]3(O)[C@H](O)[C@H](O)[C@H](O)C[C@@H]23)cc1. The van der Waals surface area contributed by atoms with Crippen LogP contribution in [0.25, 0.3) is 0 Å². The van der Waals surface area contributed by atoms with Crippen molar-refractivity contribution >= 4 is 11.9 Å². The first-order chi connectivity index (χ1) is 13.2. The molecule has 0 aromatic heterocycles. The largest absolute Gasteiger partial charge is 0.468 e. The van der Waals surface area contributed by atoms with Crippen LogP contribution >= 0.6 is 0 Å². The number of ether oxygens (including phenoxy) is 2. The van der Waals surface area contributed by atoms with Gasteiger partial charge in [0.15, 0.2) is 0 Å². The minimum atomic E-state index is -1.76. The molecule has 1 aliphatic carbocycles. The molecule has 28 heavy (non-hydrogen) atoms. The Morgan fingerprint density at radius 1 is 1.14 bits per heavy atom. The number of carbonyl (C=O) groups is 2. The number of nitrogens with zero attached hydrogens (tertiary/aromatic N) is 1. The van der Waals surface area contributed by atoms with Crippen molar-refractivity contribution < 1.29 is 39.5 Å². The predicted molar refractivity (Wildman–Crippen MR) is 95.1 cm³/mol. The molecule has 0 amide bonds. The second kappa shape index (κ2) is 7.76. The van der Waals surface area contributed by atoms with Crippen LogP contribution in [0.1, 0.15) is 28.8 Å². The maximum atomic E-state index is 12.3. The number of aliphatic hydroxyl groups excluding tert-OH is 3. The molecule has 0 bridgehead atoms. The molecule has 1 saturated carbocycles. The van der Waals surface area contributed by atoms with E-state index in [-0.39, 0.29) is 19.4 Å². The Hall–Kier alpha value is -2.04. The summed E-state index contributed by atoms with van der Waals surface area (Å²) in [6.45, 7) is 0.212. The highest BCUT2D eigenvalue weighted by molar-refractivity contribution is 5.89. The second-order valence-corrected chi connectivity index (χ2v) is 7.35. The molecular weight excluding hydrogens is 370 g/mol. The Bertz CT molecular complexity index is 738. The number of hydrogen-bond acceptors (Lipinski definition) is 9. The smallest absolute Gasteiger partial charge is 0.337 e. The van der Waals surface area contributed by atoms with Crippen molar-refractivity contribution in [3.05, 3.63) is 35.4 Å². The summed E-state index contributed by atoms with van der Waals surface area (Å²) in [6, 6.07) is 4.96. The summed E-state index contributed by atoms with van der Waals surface area (Å²) in [5, 5.41) is 41.5. The standard InChI is InChI=1S/C19H25NO8/c1-27-17(24)11-5-3-10(4-6-11)9-20-12(18(25)28-2)8-19(26)14(20)7-13(21)15(22)16(19)23/h3-6,12-16,21-23,26H,7-9H2,1-2H3/t12-,13+,14+,15+,16+,19-/m0/s1. The van der Waals surface area contributed by atoms with Crippen molar-refractivity contribution in [1.29, 1.82) is 0 Å². The van der Waals surface area contributed by atoms with Crippen molar-refractivity contribution in [3.63, 3.8) is 0 Å². The lowest BCUT2D eigenvalue weighted by molar-refractivity contribution is -0.197. The topological polar surface area (TPSA) is 137 Å². The average Bonchev–Trinajstić information content (AvgIpc) is 2.99. The maximum Gasteiger partial charge on any atom is 0.337 e. The number of fused-ring (bicyclic) bond motifs is 1. The van der Waals surface area contributed by atoms with Gasteiger partial charge in [0.1, 0.15) is 23.9 Å².